The van der Waals surface area contributed by atoms with Gasteiger partial charge in [0.2, 0.25) is 0 Å². The highest BCUT2D eigenvalue weighted by molar-refractivity contribution is 7.22. The lowest BCUT2D eigenvalue weighted by Crippen LogP contribution is -2.29. The summed E-state index contributed by atoms with van der Waals surface area (Å²) in [5, 5.41) is 11.6. The normalized spacial score (nSPS) is 18.0. The maximum atomic E-state index is 13.9. The van der Waals surface area contributed by atoms with Crippen LogP contribution in [-0.2, 0) is 9.59 Å². The molecule has 1 saturated heterocycles. The molecule has 0 bridgehead atoms. The second-order valence-corrected chi connectivity index (χ2v) is 9.81. The number of aromatic nitrogens is 1. The van der Waals surface area contributed by atoms with Crippen LogP contribution >= 0.6 is 11.3 Å². The number of carbonyl (C=O) groups is 2. The Balaban J connectivity index is 1.50. The molecule has 1 aromatic heterocycles. The molecule has 1 unspecified atom stereocenters. The van der Waals surface area contributed by atoms with E-state index in [1.807, 2.05) is 0 Å². The molecular weight excluding hydrogens is 523 g/mol. The second-order valence-electron chi connectivity index (χ2n) is 8.80. The standard InChI is InChI=1S/C29H21FN2O6S/c1-2-11-36-19-7-3-16(4-8-19)25-24(26(33)17-5-10-21-22(14-17)38-13-12-37-21)27(34)28(35)32(25)29-31-20-9-6-18(30)15-23(20)39-29/h2-10,14-15,25,33H,1,11-13H2/b26-24+. The van der Waals surface area contributed by atoms with Crippen molar-refractivity contribution in [2.45, 2.75) is 6.04 Å². The summed E-state index contributed by atoms with van der Waals surface area (Å²) in [5.74, 6) is -1.02. The summed E-state index contributed by atoms with van der Waals surface area (Å²) in [4.78, 5) is 32.7. The first-order valence-electron chi connectivity index (χ1n) is 12.1. The van der Waals surface area contributed by atoms with Crippen molar-refractivity contribution in [3.05, 3.63) is 95.8 Å². The van der Waals surface area contributed by atoms with Crippen molar-refractivity contribution in [2.24, 2.45) is 0 Å². The van der Waals surface area contributed by atoms with Gasteiger partial charge in [0.1, 0.15) is 37.1 Å². The van der Waals surface area contributed by atoms with Crippen LogP contribution in [0.25, 0.3) is 16.0 Å². The van der Waals surface area contributed by atoms with Gasteiger partial charge in [-0.2, -0.15) is 0 Å². The van der Waals surface area contributed by atoms with Gasteiger partial charge in [0.25, 0.3) is 5.78 Å². The number of hydrogen-bond donors (Lipinski definition) is 1. The van der Waals surface area contributed by atoms with Crippen LogP contribution in [0.2, 0.25) is 0 Å². The molecule has 0 aliphatic carbocycles. The predicted octanol–water partition coefficient (Wildman–Crippen LogP) is 5.40. The van der Waals surface area contributed by atoms with E-state index < -0.39 is 23.5 Å². The van der Waals surface area contributed by atoms with Crippen LogP contribution in [0.3, 0.4) is 0 Å². The first-order valence-corrected chi connectivity index (χ1v) is 12.9. The first-order chi connectivity index (χ1) is 18.9. The number of Topliss-reactive ketones (excluding diaryl/α,β-unsaturated/α-hetero) is 1. The van der Waals surface area contributed by atoms with E-state index in [0.29, 0.717) is 58.4 Å². The van der Waals surface area contributed by atoms with Gasteiger partial charge in [0.15, 0.2) is 16.6 Å². The zero-order valence-corrected chi connectivity index (χ0v) is 21.2. The van der Waals surface area contributed by atoms with Crippen LogP contribution in [0, 0.1) is 5.82 Å². The highest BCUT2D eigenvalue weighted by atomic mass is 32.1. The van der Waals surface area contributed by atoms with Gasteiger partial charge >= 0.3 is 5.91 Å². The number of aliphatic hydroxyl groups excluding tert-OH is 1. The molecule has 3 heterocycles. The number of ether oxygens (including phenoxy) is 3. The third kappa shape index (κ3) is 4.38. The number of anilines is 1. The van der Waals surface area contributed by atoms with Gasteiger partial charge in [-0.05, 0) is 54.1 Å². The number of ketones is 1. The lowest BCUT2D eigenvalue weighted by molar-refractivity contribution is -0.132. The van der Waals surface area contributed by atoms with Gasteiger partial charge < -0.3 is 19.3 Å². The Hall–Kier alpha value is -4.70. The molecule has 1 N–H and O–H groups in total. The van der Waals surface area contributed by atoms with Crippen LogP contribution in [0.15, 0.2) is 78.9 Å². The zero-order chi connectivity index (χ0) is 27.1. The maximum absolute atomic E-state index is 13.9. The van der Waals surface area contributed by atoms with Crippen molar-refractivity contribution >= 4 is 44.1 Å². The van der Waals surface area contributed by atoms with Gasteiger partial charge in [0.05, 0.1) is 21.8 Å². The van der Waals surface area contributed by atoms with Gasteiger partial charge in [0, 0.05) is 5.56 Å². The molecule has 6 rings (SSSR count). The molecule has 2 aliphatic rings. The second kappa shape index (κ2) is 9.88. The van der Waals surface area contributed by atoms with Gasteiger partial charge in [-0.1, -0.05) is 36.1 Å². The fourth-order valence-electron chi connectivity index (χ4n) is 4.58. The monoisotopic (exact) mass is 544 g/mol. The first kappa shape index (κ1) is 24.6. The summed E-state index contributed by atoms with van der Waals surface area (Å²) in [5.41, 5.74) is 1.21. The fourth-order valence-corrected chi connectivity index (χ4v) is 5.60. The Labute approximate surface area is 226 Å². The molecular formula is C29H21FN2O6S. The maximum Gasteiger partial charge on any atom is 0.301 e. The molecule has 3 aromatic carbocycles. The molecule has 1 amide bonds. The van der Waals surface area contributed by atoms with E-state index in [0.717, 1.165) is 11.3 Å². The molecule has 4 aromatic rings. The highest BCUT2D eigenvalue weighted by Crippen LogP contribution is 2.45. The van der Waals surface area contributed by atoms with E-state index in [9.17, 15) is 19.1 Å². The Morgan fingerprint density at radius 2 is 1.87 bits per heavy atom. The average molecular weight is 545 g/mol. The number of fused-ring (bicyclic) bond motifs is 2. The number of nitrogens with zero attached hydrogens (tertiary/aromatic N) is 2. The summed E-state index contributed by atoms with van der Waals surface area (Å²) in [7, 11) is 0. The largest absolute Gasteiger partial charge is 0.507 e. The van der Waals surface area contributed by atoms with E-state index >= 15 is 0 Å². The lowest BCUT2D eigenvalue weighted by Gasteiger charge is -2.23. The quantitative estimate of drug-likeness (QED) is 0.150. The summed E-state index contributed by atoms with van der Waals surface area (Å²) in [6.45, 7) is 4.70. The van der Waals surface area contributed by atoms with Crippen molar-refractivity contribution in [3.8, 4) is 17.2 Å². The smallest absolute Gasteiger partial charge is 0.301 e. The SMILES string of the molecule is C=CCOc1ccc(C2/C(=C(\O)c3ccc4c(c3)OCCO4)C(=O)C(=O)N2c2nc3ccc(F)cc3s2)cc1. The number of rotatable bonds is 6. The lowest BCUT2D eigenvalue weighted by atomic mass is 9.95. The number of aliphatic hydroxyl groups is 1. The van der Waals surface area contributed by atoms with Crippen molar-refractivity contribution < 1.29 is 33.3 Å². The van der Waals surface area contributed by atoms with Gasteiger partial charge in [-0.15, -0.1) is 0 Å². The molecule has 8 nitrogen and oxygen atoms in total. The predicted molar refractivity (Wildman–Crippen MR) is 144 cm³/mol. The number of carbonyl (C=O) groups excluding carboxylic acids is 2. The Bertz CT molecular complexity index is 1660. The molecule has 196 valence electrons. The molecule has 1 fully saturated rings. The minimum Gasteiger partial charge on any atom is -0.507 e. The molecule has 0 radical (unpaired) electrons. The number of amides is 1. The molecule has 0 spiro atoms. The summed E-state index contributed by atoms with van der Waals surface area (Å²) >= 11 is 1.08. The number of benzene rings is 3. The minimum absolute atomic E-state index is 0.109. The van der Waals surface area contributed by atoms with Crippen molar-refractivity contribution in [3.63, 3.8) is 0 Å². The van der Waals surface area contributed by atoms with Gasteiger partial charge in [-0.25, -0.2) is 9.37 Å². The summed E-state index contributed by atoms with van der Waals surface area (Å²) in [6, 6.07) is 14.8. The van der Waals surface area contributed by atoms with Crippen LogP contribution in [0.5, 0.6) is 17.2 Å². The number of halogens is 1. The highest BCUT2D eigenvalue weighted by Gasteiger charge is 2.48. The van der Waals surface area contributed by atoms with Crippen LogP contribution in [0.1, 0.15) is 17.2 Å². The summed E-state index contributed by atoms with van der Waals surface area (Å²) < 4.78 is 31.2. The minimum atomic E-state index is -1.00. The third-order valence-electron chi connectivity index (χ3n) is 6.37. The number of hydrogen-bond acceptors (Lipinski definition) is 8. The topological polar surface area (TPSA) is 98.2 Å². The van der Waals surface area contributed by atoms with Crippen molar-refractivity contribution in [1.29, 1.82) is 0 Å². The Morgan fingerprint density at radius 1 is 1.10 bits per heavy atom. The molecule has 2 aliphatic heterocycles. The van der Waals surface area contributed by atoms with Gasteiger partial charge in [-0.3, -0.25) is 14.5 Å². The Kier molecular flexibility index (Phi) is 6.24. The van der Waals surface area contributed by atoms with E-state index in [-0.39, 0.29) is 16.5 Å². The zero-order valence-electron chi connectivity index (χ0n) is 20.4. The Morgan fingerprint density at radius 3 is 2.64 bits per heavy atom. The van der Waals surface area contributed by atoms with E-state index in [1.54, 1.807) is 48.5 Å². The van der Waals surface area contributed by atoms with Crippen LogP contribution in [-0.4, -0.2) is 41.6 Å². The van der Waals surface area contributed by atoms with E-state index in [2.05, 4.69) is 11.6 Å². The molecule has 1 atom stereocenters. The molecule has 0 saturated carbocycles. The van der Waals surface area contributed by atoms with Crippen LogP contribution in [0.4, 0.5) is 9.52 Å². The van der Waals surface area contributed by atoms with Crippen LogP contribution < -0.4 is 19.1 Å². The third-order valence-corrected chi connectivity index (χ3v) is 7.39. The number of thiazole rings is 1. The summed E-state index contributed by atoms with van der Waals surface area (Å²) in [6.07, 6.45) is 1.62. The molecule has 39 heavy (non-hydrogen) atoms. The molecule has 10 heteroatoms. The van der Waals surface area contributed by atoms with E-state index in [1.165, 1.54) is 23.1 Å². The van der Waals surface area contributed by atoms with E-state index in [4.69, 9.17) is 14.2 Å². The average Bonchev–Trinajstić information content (AvgIpc) is 3.48. The van der Waals surface area contributed by atoms with Crippen molar-refractivity contribution in [2.75, 3.05) is 24.7 Å². The fraction of sp³-hybridized carbons (Fsp3) is 0.138. The van der Waals surface area contributed by atoms with Crippen molar-refractivity contribution in [1.82, 2.24) is 4.98 Å².